The van der Waals surface area contributed by atoms with E-state index in [0.29, 0.717) is 5.69 Å². The number of hydrogen-bond donors (Lipinski definition) is 2. The van der Waals surface area contributed by atoms with Gasteiger partial charge in [-0.2, -0.15) is 28.1 Å². The van der Waals surface area contributed by atoms with E-state index in [0.717, 1.165) is 5.56 Å². The Labute approximate surface area is 169 Å². The van der Waals surface area contributed by atoms with Crippen LogP contribution >= 0.6 is 11.6 Å². The molecule has 0 aliphatic heterocycles. The Hall–Kier alpha value is -2.82. The number of aromatic nitrogens is 3. The van der Waals surface area contributed by atoms with Crippen LogP contribution in [-0.2, 0) is 11.3 Å². The van der Waals surface area contributed by atoms with E-state index < -0.39 is 30.5 Å². The van der Waals surface area contributed by atoms with E-state index in [1.807, 2.05) is 0 Å². The highest BCUT2D eigenvalue weighted by atomic mass is 35.5. The second-order valence-electron chi connectivity index (χ2n) is 6.79. The van der Waals surface area contributed by atoms with Gasteiger partial charge in [-0.3, -0.25) is 0 Å². The van der Waals surface area contributed by atoms with Gasteiger partial charge in [-0.05, 0) is 50.1 Å². The molecule has 0 fully saturated rings. The number of alkyl halides is 3. The first-order chi connectivity index (χ1) is 13.4. The quantitative estimate of drug-likeness (QED) is 0.703. The summed E-state index contributed by atoms with van der Waals surface area (Å²) < 4.78 is 46.3. The molecule has 1 aromatic heterocycles. The smallest absolute Gasteiger partial charge is 0.422 e. The van der Waals surface area contributed by atoms with E-state index in [-0.39, 0.29) is 17.8 Å². The number of hydrogen-bond acceptors (Lipinski definition) is 7. The summed E-state index contributed by atoms with van der Waals surface area (Å²) >= 11 is 5.69. The number of carbonyl (C=O) groups excluding carboxylic acids is 1. The molecular weight excluding hydrogens is 415 g/mol. The molecule has 0 aliphatic rings. The summed E-state index contributed by atoms with van der Waals surface area (Å²) in [7, 11) is 0. The number of amides is 1. The van der Waals surface area contributed by atoms with E-state index >= 15 is 0 Å². The number of anilines is 2. The molecular formula is C17H19ClF3N5O3. The van der Waals surface area contributed by atoms with Crippen molar-refractivity contribution in [2.45, 2.75) is 39.1 Å². The third kappa shape index (κ3) is 8.81. The summed E-state index contributed by atoms with van der Waals surface area (Å²) in [6, 6.07) is 6.23. The zero-order valence-electron chi connectivity index (χ0n) is 15.8. The van der Waals surface area contributed by atoms with Gasteiger partial charge >= 0.3 is 18.3 Å². The Morgan fingerprint density at radius 2 is 1.76 bits per heavy atom. The van der Waals surface area contributed by atoms with Crippen LogP contribution in [0.4, 0.5) is 29.6 Å². The fraction of sp³-hybridized carbons (Fsp3) is 0.412. The molecule has 12 heteroatoms. The van der Waals surface area contributed by atoms with Gasteiger partial charge in [0.15, 0.2) is 6.61 Å². The molecule has 0 aliphatic carbocycles. The van der Waals surface area contributed by atoms with Gasteiger partial charge in [-0.1, -0.05) is 12.1 Å². The van der Waals surface area contributed by atoms with Crippen LogP contribution in [0.15, 0.2) is 24.3 Å². The fourth-order valence-corrected chi connectivity index (χ4v) is 2.07. The highest BCUT2D eigenvalue weighted by Gasteiger charge is 2.29. The number of carbonyl (C=O) groups is 1. The Morgan fingerprint density at radius 3 is 2.34 bits per heavy atom. The van der Waals surface area contributed by atoms with Crippen molar-refractivity contribution in [1.82, 2.24) is 20.3 Å². The molecule has 0 spiro atoms. The summed E-state index contributed by atoms with van der Waals surface area (Å²) in [4.78, 5) is 22.7. The number of alkyl carbamates (subject to hydrolysis) is 1. The van der Waals surface area contributed by atoms with E-state index in [2.05, 4.69) is 30.3 Å². The van der Waals surface area contributed by atoms with E-state index in [4.69, 9.17) is 16.3 Å². The van der Waals surface area contributed by atoms with Crippen molar-refractivity contribution in [3.05, 3.63) is 35.1 Å². The molecule has 2 aromatic rings. The van der Waals surface area contributed by atoms with Gasteiger partial charge in [-0.15, -0.1) is 0 Å². The number of rotatable bonds is 6. The van der Waals surface area contributed by atoms with Crippen LogP contribution < -0.4 is 15.4 Å². The summed E-state index contributed by atoms with van der Waals surface area (Å²) in [6.07, 6.45) is -5.07. The van der Waals surface area contributed by atoms with Crippen LogP contribution in [0.1, 0.15) is 26.3 Å². The first-order valence-corrected chi connectivity index (χ1v) is 8.71. The summed E-state index contributed by atoms with van der Waals surface area (Å²) in [5.74, 6) is -0.0817. The molecule has 0 unspecified atom stereocenters. The van der Waals surface area contributed by atoms with Crippen molar-refractivity contribution in [2.24, 2.45) is 0 Å². The second-order valence-corrected chi connectivity index (χ2v) is 7.13. The largest absolute Gasteiger partial charge is 0.454 e. The van der Waals surface area contributed by atoms with Crippen molar-refractivity contribution < 1.29 is 27.4 Å². The van der Waals surface area contributed by atoms with Crippen molar-refractivity contribution in [1.29, 1.82) is 0 Å². The number of nitrogens with zero attached hydrogens (tertiary/aromatic N) is 3. The zero-order chi connectivity index (χ0) is 21.7. The molecule has 29 heavy (non-hydrogen) atoms. The molecule has 0 saturated carbocycles. The minimum absolute atomic E-state index is 0.0817. The van der Waals surface area contributed by atoms with Gasteiger partial charge in [0.2, 0.25) is 11.2 Å². The maximum absolute atomic E-state index is 12.2. The van der Waals surface area contributed by atoms with Crippen molar-refractivity contribution >= 4 is 29.3 Å². The minimum atomic E-state index is -4.53. The van der Waals surface area contributed by atoms with E-state index in [9.17, 15) is 18.0 Å². The van der Waals surface area contributed by atoms with Gasteiger partial charge in [0, 0.05) is 12.2 Å². The standard InChI is InChI=1S/C17H19ClF3N5O3/c1-16(2,3)29-15(27)22-8-10-4-6-11(7-5-10)23-13-24-12(18)25-14(26-13)28-9-17(19,20)21/h4-7H,8-9H2,1-3H3,(H,22,27)(H,23,24,25,26). The van der Waals surface area contributed by atoms with Crippen LogP contribution in [-0.4, -0.2) is 39.4 Å². The SMILES string of the molecule is CC(C)(C)OC(=O)NCc1ccc(Nc2nc(Cl)nc(OCC(F)(F)F)n2)cc1. The van der Waals surface area contributed by atoms with Crippen molar-refractivity contribution in [2.75, 3.05) is 11.9 Å². The second kappa shape index (κ2) is 9.12. The van der Waals surface area contributed by atoms with Crippen LogP contribution in [0.2, 0.25) is 5.28 Å². The van der Waals surface area contributed by atoms with Crippen molar-refractivity contribution in [3.8, 4) is 6.01 Å². The first-order valence-electron chi connectivity index (χ1n) is 8.33. The Bertz CT molecular complexity index is 842. The highest BCUT2D eigenvalue weighted by Crippen LogP contribution is 2.20. The van der Waals surface area contributed by atoms with Gasteiger partial charge in [0.1, 0.15) is 5.60 Å². The molecule has 0 radical (unpaired) electrons. The normalized spacial score (nSPS) is 11.7. The van der Waals surface area contributed by atoms with Gasteiger partial charge in [0.05, 0.1) is 0 Å². The van der Waals surface area contributed by atoms with Gasteiger partial charge in [-0.25, -0.2) is 4.79 Å². The number of halogens is 4. The molecule has 2 rings (SSSR count). The van der Waals surface area contributed by atoms with Crippen LogP contribution in [0.3, 0.4) is 0 Å². The van der Waals surface area contributed by atoms with E-state index in [1.54, 1.807) is 45.0 Å². The molecule has 2 N–H and O–H groups in total. The molecule has 8 nitrogen and oxygen atoms in total. The summed E-state index contributed by atoms with van der Waals surface area (Å²) in [5, 5.41) is 5.09. The molecule has 0 saturated heterocycles. The third-order valence-corrected chi connectivity index (χ3v) is 3.17. The first kappa shape index (κ1) is 22.5. The summed E-state index contributed by atoms with van der Waals surface area (Å²) in [6.45, 7) is 3.99. The molecule has 0 bridgehead atoms. The molecule has 158 valence electrons. The third-order valence-electron chi connectivity index (χ3n) is 3.00. The molecule has 1 aromatic carbocycles. The topological polar surface area (TPSA) is 98.3 Å². The molecule has 1 heterocycles. The van der Waals surface area contributed by atoms with Crippen LogP contribution in [0, 0.1) is 0 Å². The average molecular weight is 434 g/mol. The predicted molar refractivity (Wildman–Crippen MR) is 99.2 cm³/mol. The molecule has 1 amide bonds. The van der Waals surface area contributed by atoms with Gasteiger partial charge in [0.25, 0.3) is 0 Å². The zero-order valence-corrected chi connectivity index (χ0v) is 16.6. The van der Waals surface area contributed by atoms with Crippen molar-refractivity contribution in [3.63, 3.8) is 0 Å². The Morgan fingerprint density at radius 1 is 1.10 bits per heavy atom. The fourth-order valence-electron chi connectivity index (χ4n) is 1.92. The molecule has 0 atom stereocenters. The number of nitrogens with one attached hydrogen (secondary N) is 2. The minimum Gasteiger partial charge on any atom is -0.454 e. The highest BCUT2D eigenvalue weighted by molar-refractivity contribution is 6.28. The number of benzene rings is 1. The lowest BCUT2D eigenvalue weighted by Gasteiger charge is -2.19. The Balaban J connectivity index is 1.95. The average Bonchev–Trinajstić information content (AvgIpc) is 2.57. The maximum Gasteiger partial charge on any atom is 0.422 e. The predicted octanol–water partition coefficient (Wildman–Crippen LogP) is 4.23. The lowest BCUT2D eigenvalue weighted by atomic mass is 10.2. The van der Waals surface area contributed by atoms with E-state index in [1.165, 1.54) is 0 Å². The summed E-state index contributed by atoms with van der Waals surface area (Å²) in [5.41, 5.74) is 0.742. The Kier molecular flexibility index (Phi) is 7.07. The van der Waals surface area contributed by atoms with Gasteiger partial charge < -0.3 is 20.1 Å². The number of ether oxygens (including phenoxy) is 2. The monoisotopic (exact) mass is 433 g/mol. The van der Waals surface area contributed by atoms with Crippen LogP contribution in [0.5, 0.6) is 6.01 Å². The lowest BCUT2D eigenvalue weighted by molar-refractivity contribution is -0.154. The maximum atomic E-state index is 12.2. The van der Waals surface area contributed by atoms with Crippen LogP contribution in [0.25, 0.3) is 0 Å². The lowest BCUT2D eigenvalue weighted by Crippen LogP contribution is -2.32.